The van der Waals surface area contributed by atoms with Crippen molar-refractivity contribution in [1.82, 2.24) is 25.3 Å². The molecule has 0 saturated carbocycles. The molecule has 0 aliphatic heterocycles. The fourth-order valence-corrected chi connectivity index (χ4v) is 1.61. The number of carbonyl (C=O) groups excluding carboxylic acids is 1. The van der Waals surface area contributed by atoms with Gasteiger partial charge in [0.05, 0.1) is 6.20 Å². The molecule has 2 heterocycles. The Morgan fingerprint density at radius 1 is 1.44 bits per heavy atom. The van der Waals surface area contributed by atoms with Crippen LogP contribution in [0, 0.1) is 0 Å². The van der Waals surface area contributed by atoms with Crippen LogP contribution in [0.3, 0.4) is 0 Å². The summed E-state index contributed by atoms with van der Waals surface area (Å²) in [5.41, 5.74) is 0.510. The molecule has 0 fully saturated rings. The van der Waals surface area contributed by atoms with E-state index in [9.17, 15) is 4.79 Å². The number of nitrogens with one attached hydrogen (secondary N) is 1. The highest BCUT2D eigenvalue weighted by Crippen LogP contribution is 2.06. The number of hydrogen-bond donors (Lipinski definition) is 1. The fourth-order valence-electron chi connectivity index (χ4n) is 1.44. The van der Waals surface area contributed by atoms with Crippen LogP contribution >= 0.6 is 11.6 Å². The molecule has 0 bridgehead atoms. The van der Waals surface area contributed by atoms with E-state index in [-0.39, 0.29) is 5.91 Å². The number of nitrogens with zero attached hydrogens (tertiary/aromatic N) is 4. The Bertz CT molecular complexity index is 514. The minimum atomic E-state index is -0.155. The number of hydrogen-bond acceptors (Lipinski definition) is 4. The first-order chi connectivity index (χ1) is 8.75. The van der Waals surface area contributed by atoms with E-state index < -0.39 is 0 Å². The van der Waals surface area contributed by atoms with Crippen LogP contribution in [0.1, 0.15) is 16.8 Å². The van der Waals surface area contributed by atoms with Crippen LogP contribution in [0.25, 0.3) is 0 Å². The van der Waals surface area contributed by atoms with Gasteiger partial charge in [0.25, 0.3) is 5.91 Å². The lowest BCUT2D eigenvalue weighted by Crippen LogP contribution is -2.25. The Kier molecular flexibility index (Phi) is 4.25. The van der Waals surface area contributed by atoms with Gasteiger partial charge in [-0.25, -0.2) is 4.98 Å². The average molecular weight is 266 g/mol. The number of carbonyl (C=O) groups is 1. The summed E-state index contributed by atoms with van der Waals surface area (Å²) >= 11 is 5.71. The number of amides is 1. The van der Waals surface area contributed by atoms with Crippen molar-refractivity contribution in [2.45, 2.75) is 13.0 Å². The van der Waals surface area contributed by atoms with Gasteiger partial charge in [0, 0.05) is 31.0 Å². The zero-order valence-electron chi connectivity index (χ0n) is 9.58. The second-order valence-electron chi connectivity index (χ2n) is 3.64. The number of rotatable bonds is 5. The van der Waals surface area contributed by atoms with Crippen molar-refractivity contribution in [3.8, 4) is 0 Å². The SMILES string of the molecule is O=C(NCCCn1ccnn1)c1ccnc(Cl)c1. The maximum atomic E-state index is 11.7. The van der Waals surface area contributed by atoms with Crippen molar-refractivity contribution in [3.05, 3.63) is 41.4 Å². The summed E-state index contributed by atoms with van der Waals surface area (Å²) in [7, 11) is 0. The van der Waals surface area contributed by atoms with Crippen molar-refractivity contribution >= 4 is 17.5 Å². The second kappa shape index (κ2) is 6.11. The molecule has 2 aromatic heterocycles. The largest absolute Gasteiger partial charge is 0.352 e. The third-order valence-corrected chi connectivity index (χ3v) is 2.52. The molecule has 0 aliphatic carbocycles. The first kappa shape index (κ1) is 12.5. The Labute approximate surface area is 109 Å². The van der Waals surface area contributed by atoms with E-state index >= 15 is 0 Å². The normalized spacial score (nSPS) is 10.3. The number of aryl methyl sites for hydroxylation is 1. The van der Waals surface area contributed by atoms with Gasteiger partial charge in [-0.3, -0.25) is 9.48 Å². The highest BCUT2D eigenvalue weighted by Gasteiger charge is 2.05. The average Bonchev–Trinajstić information content (AvgIpc) is 2.87. The van der Waals surface area contributed by atoms with E-state index in [1.54, 1.807) is 23.1 Å². The molecule has 2 rings (SSSR count). The van der Waals surface area contributed by atoms with E-state index in [0.29, 0.717) is 17.3 Å². The Hall–Kier alpha value is -1.95. The van der Waals surface area contributed by atoms with E-state index in [1.807, 2.05) is 0 Å². The molecule has 18 heavy (non-hydrogen) atoms. The van der Waals surface area contributed by atoms with Crippen LogP contribution in [-0.2, 0) is 6.54 Å². The third-order valence-electron chi connectivity index (χ3n) is 2.31. The predicted octanol–water partition coefficient (Wildman–Crippen LogP) is 1.15. The quantitative estimate of drug-likeness (QED) is 0.650. The zero-order valence-corrected chi connectivity index (χ0v) is 10.3. The standard InChI is InChI=1S/C11H12ClN5O/c12-10-8-9(2-4-13-10)11(18)14-3-1-6-17-7-5-15-16-17/h2,4-5,7-8H,1,3,6H2,(H,14,18). The minimum absolute atomic E-state index is 0.155. The molecule has 1 amide bonds. The van der Waals surface area contributed by atoms with E-state index in [2.05, 4.69) is 20.6 Å². The van der Waals surface area contributed by atoms with Crippen LogP contribution in [0.15, 0.2) is 30.7 Å². The van der Waals surface area contributed by atoms with Crippen molar-refractivity contribution in [1.29, 1.82) is 0 Å². The molecule has 0 atom stereocenters. The van der Waals surface area contributed by atoms with Crippen LogP contribution < -0.4 is 5.32 Å². The fraction of sp³-hybridized carbons (Fsp3) is 0.273. The summed E-state index contributed by atoms with van der Waals surface area (Å²) in [5.74, 6) is -0.155. The monoisotopic (exact) mass is 265 g/mol. The van der Waals surface area contributed by atoms with Gasteiger partial charge in [-0.05, 0) is 18.6 Å². The summed E-state index contributed by atoms with van der Waals surface area (Å²) in [6.07, 6.45) is 5.70. The zero-order chi connectivity index (χ0) is 12.8. The maximum Gasteiger partial charge on any atom is 0.251 e. The molecule has 7 heteroatoms. The van der Waals surface area contributed by atoms with E-state index in [1.165, 1.54) is 12.3 Å². The third kappa shape index (κ3) is 3.53. The lowest BCUT2D eigenvalue weighted by atomic mass is 10.2. The van der Waals surface area contributed by atoms with Crippen LogP contribution in [0.5, 0.6) is 0 Å². The van der Waals surface area contributed by atoms with Gasteiger partial charge >= 0.3 is 0 Å². The van der Waals surface area contributed by atoms with Crippen LogP contribution in [0.4, 0.5) is 0 Å². The predicted molar refractivity (Wildman–Crippen MR) is 66.2 cm³/mol. The van der Waals surface area contributed by atoms with Gasteiger partial charge in [0.2, 0.25) is 0 Å². The topological polar surface area (TPSA) is 72.7 Å². The van der Waals surface area contributed by atoms with E-state index in [4.69, 9.17) is 11.6 Å². The summed E-state index contributed by atoms with van der Waals surface area (Å²) in [6.45, 7) is 1.29. The molecule has 0 aliphatic rings. The van der Waals surface area contributed by atoms with Crippen molar-refractivity contribution in [3.63, 3.8) is 0 Å². The van der Waals surface area contributed by atoms with Gasteiger partial charge in [0.1, 0.15) is 5.15 Å². The minimum Gasteiger partial charge on any atom is -0.352 e. The molecule has 6 nitrogen and oxygen atoms in total. The lowest BCUT2D eigenvalue weighted by Gasteiger charge is -2.05. The molecule has 1 N–H and O–H groups in total. The van der Waals surface area contributed by atoms with Gasteiger partial charge in [-0.15, -0.1) is 5.10 Å². The van der Waals surface area contributed by atoms with Gasteiger partial charge in [-0.1, -0.05) is 16.8 Å². The summed E-state index contributed by atoms with van der Waals surface area (Å²) in [4.78, 5) is 15.5. The van der Waals surface area contributed by atoms with Crippen LogP contribution in [0.2, 0.25) is 5.15 Å². The summed E-state index contributed by atoms with van der Waals surface area (Å²) in [6, 6.07) is 3.16. The molecule has 0 saturated heterocycles. The van der Waals surface area contributed by atoms with Crippen molar-refractivity contribution in [2.75, 3.05) is 6.54 Å². The number of aromatic nitrogens is 4. The molecular weight excluding hydrogens is 254 g/mol. The Morgan fingerprint density at radius 2 is 2.33 bits per heavy atom. The molecule has 0 aromatic carbocycles. The Balaban J connectivity index is 1.75. The van der Waals surface area contributed by atoms with Crippen molar-refractivity contribution < 1.29 is 4.79 Å². The van der Waals surface area contributed by atoms with Gasteiger partial charge in [-0.2, -0.15) is 0 Å². The highest BCUT2D eigenvalue weighted by molar-refractivity contribution is 6.29. The van der Waals surface area contributed by atoms with Gasteiger partial charge < -0.3 is 5.32 Å². The molecule has 0 radical (unpaired) electrons. The molecule has 2 aromatic rings. The number of pyridine rings is 1. The first-order valence-corrected chi connectivity index (χ1v) is 5.87. The Morgan fingerprint density at radius 3 is 3.06 bits per heavy atom. The summed E-state index contributed by atoms with van der Waals surface area (Å²) < 4.78 is 1.72. The molecule has 0 unspecified atom stereocenters. The first-order valence-electron chi connectivity index (χ1n) is 5.49. The molecular formula is C11H12ClN5O. The smallest absolute Gasteiger partial charge is 0.251 e. The number of halogens is 1. The molecule has 94 valence electrons. The highest BCUT2D eigenvalue weighted by atomic mass is 35.5. The van der Waals surface area contributed by atoms with E-state index in [0.717, 1.165) is 13.0 Å². The lowest BCUT2D eigenvalue weighted by molar-refractivity contribution is 0.0952. The second-order valence-corrected chi connectivity index (χ2v) is 4.03. The maximum absolute atomic E-state index is 11.7. The molecule has 0 spiro atoms. The summed E-state index contributed by atoms with van der Waals surface area (Å²) in [5, 5.41) is 10.6. The van der Waals surface area contributed by atoms with Gasteiger partial charge in [0.15, 0.2) is 0 Å². The van der Waals surface area contributed by atoms with Crippen LogP contribution in [-0.4, -0.2) is 32.4 Å². The van der Waals surface area contributed by atoms with Crippen molar-refractivity contribution in [2.24, 2.45) is 0 Å².